The van der Waals surface area contributed by atoms with E-state index in [0.29, 0.717) is 12.0 Å². The first-order valence-corrected chi connectivity index (χ1v) is 10.7. The summed E-state index contributed by atoms with van der Waals surface area (Å²) in [6, 6.07) is 6.34. The van der Waals surface area contributed by atoms with Gasteiger partial charge in [-0.1, -0.05) is 0 Å². The summed E-state index contributed by atoms with van der Waals surface area (Å²) in [5.41, 5.74) is 4.30. The zero-order valence-electron chi connectivity index (χ0n) is 17.1. The Morgan fingerprint density at radius 1 is 1.23 bits per heavy atom. The van der Waals surface area contributed by atoms with E-state index in [9.17, 15) is 0 Å². The molecule has 8 heteroatoms. The topological polar surface area (TPSA) is 83.4 Å². The lowest BCUT2D eigenvalue weighted by molar-refractivity contribution is 0.156. The van der Waals surface area contributed by atoms with E-state index < -0.39 is 0 Å². The average molecular weight is 403 g/mol. The van der Waals surface area contributed by atoms with Gasteiger partial charge in [-0.25, -0.2) is 9.50 Å². The van der Waals surface area contributed by atoms with Crippen molar-refractivity contribution in [2.75, 3.05) is 37.7 Å². The smallest absolute Gasteiger partial charge is 0.178 e. The molecule has 0 unspecified atom stereocenters. The van der Waals surface area contributed by atoms with E-state index in [1.54, 1.807) is 0 Å². The molecule has 0 radical (unpaired) electrons. The number of ether oxygens (including phenoxy) is 1. The molecule has 4 aromatic heterocycles. The second kappa shape index (κ2) is 6.70. The van der Waals surface area contributed by atoms with Gasteiger partial charge in [-0.05, 0) is 44.5 Å². The van der Waals surface area contributed by atoms with Crippen LogP contribution in [0.15, 0.2) is 36.8 Å². The first-order valence-electron chi connectivity index (χ1n) is 10.7. The molecule has 6 heterocycles. The number of fused-ring (bicyclic) bond motifs is 3. The monoisotopic (exact) mass is 403 g/mol. The zero-order chi connectivity index (χ0) is 20.1. The summed E-state index contributed by atoms with van der Waals surface area (Å²) in [6.45, 7) is 7.06. The maximum Gasteiger partial charge on any atom is 0.178 e. The van der Waals surface area contributed by atoms with Crippen molar-refractivity contribution in [3.05, 3.63) is 36.8 Å². The fraction of sp³-hybridized carbons (Fsp3) is 0.409. The summed E-state index contributed by atoms with van der Waals surface area (Å²) in [6.07, 6.45) is 8.29. The molecule has 0 aromatic carbocycles. The van der Waals surface area contributed by atoms with Gasteiger partial charge >= 0.3 is 0 Å². The van der Waals surface area contributed by atoms with Gasteiger partial charge in [0.25, 0.3) is 0 Å². The summed E-state index contributed by atoms with van der Waals surface area (Å²) >= 11 is 0. The number of H-pyrrole nitrogens is 1. The molecular formula is C22H25N7O. The van der Waals surface area contributed by atoms with E-state index >= 15 is 0 Å². The number of pyridine rings is 2. The molecule has 154 valence electrons. The highest BCUT2D eigenvalue weighted by molar-refractivity contribution is 6.00. The number of aromatic nitrogens is 5. The lowest BCUT2D eigenvalue weighted by atomic mass is 9.74. The van der Waals surface area contributed by atoms with Crippen molar-refractivity contribution in [2.45, 2.75) is 19.8 Å². The van der Waals surface area contributed by atoms with Crippen molar-refractivity contribution in [1.29, 1.82) is 0 Å². The number of anilines is 1. The number of rotatable bonds is 4. The van der Waals surface area contributed by atoms with Crippen LogP contribution >= 0.6 is 0 Å². The number of hydrogen-bond donors (Lipinski definition) is 2. The van der Waals surface area contributed by atoms with E-state index in [0.717, 1.165) is 65.4 Å². The van der Waals surface area contributed by atoms with Crippen LogP contribution in [0.25, 0.3) is 27.7 Å². The molecule has 2 saturated heterocycles. The highest BCUT2D eigenvalue weighted by atomic mass is 16.5. The summed E-state index contributed by atoms with van der Waals surface area (Å²) < 4.78 is 7.65. The molecular weight excluding hydrogens is 378 g/mol. The van der Waals surface area contributed by atoms with Crippen molar-refractivity contribution in [3.63, 3.8) is 0 Å². The second-order valence-corrected chi connectivity index (χ2v) is 8.49. The summed E-state index contributed by atoms with van der Waals surface area (Å²) in [7, 11) is 0. The molecule has 0 amide bonds. The molecule has 0 bridgehead atoms. The van der Waals surface area contributed by atoms with Crippen LogP contribution in [-0.2, 0) is 0 Å². The van der Waals surface area contributed by atoms with E-state index in [1.165, 1.54) is 12.8 Å². The molecule has 0 saturated carbocycles. The summed E-state index contributed by atoms with van der Waals surface area (Å²) in [4.78, 5) is 7.19. The SMILES string of the molecule is CCOc1cc(-c2ccc(N3CC4(CCCNC4)C3)nc2)c2c3cn[nH]c3nn2c1. The first kappa shape index (κ1) is 17.7. The lowest BCUT2D eigenvalue weighted by Crippen LogP contribution is -2.62. The molecule has 2 fully saturated rings. The highest BCUT2D eigenvalue weighted by Gasteiger charge is 2.43. The van der Waals surface area contributed by atoms with Crippen LogP contribution in [-0.4, -0.2) is 57.6 Å². The Labute approximate surface area is 174 Å². The molecule has 4 aromatic rings. The highest BCUT2D eigenvalue weighted by Crippen LogP contribution is 2.39. The number of piperidine rings is 1. The van der Waals surface area contributed by atoms with E-state index in [-0.39, 0.29) is 0 Å². The number of nitrogens with zero attached hydrogens (tertiary/aromatic N) is 5. The minimum absolute atomic E-state index is 0.446. The van der Waals surface area contributed by atoms with Crippen LogP contribution in [0.3, 0.4) is 0 Å². The Morgan fingerprint density at radius 3 is 2.93 bits per heavy atom. The van der Waals surface area contributed by atoms with Crippen molar-refractivity contribution in [3.8, 4) is 16.9 Å². The Bertz CT molecular complexity index is 1200. The number of nitrogens with one attached hydrogen (secondary N) is 2. The predicted molar refractivity (Wildman–Crippen MR) is 116 cm³/mol. The Kier molecular flexibility index (Phi) is 3.95. The molecule has 0 atom stereocenters. The van der Waals surface area contributed by atoms with Crippen molar-refractivity contribution >= 4 is 22.4 Å². The van der Waals surface area contributed by atoms with Gasteiger partial charge in [-0.2, -0.15) is 5.10 Å². The fourth-order valence-corrected chi connectivity index (χ4v) is 4.96. The maximum absolute atomic E-state index is 5.78. The second-order valence-electron chi connectivity index (χ2n) is 8.49. The van der Waals surface area contributed by atoms with Crippen LogP contribution in [0, 0.1) is 5.41 Å². The van der Waals surface area contributed by atoms with E-state index in [1.807, 2.05) is 30.0 Å². The third-order valence-corrected chi connectivity index (χ3v) is 6.41. The quantitative estimate of drug-likeness (QED) is 0.545. The molecule has 0 aliphatic carbocycles. The minimum Gasteiger partial charge on any atom is -0.492 e. The molecule has 30 heavy (non-hydrogen) atoms. The standard InChI is InChI=1S/C22H25N7O/c1-2-30-16-8-17(20-18-10-25-26-21(18)27-29(20)11-16)15-4-5-19(24-9-15)28-13-22(14-28)6-3-7-23-12-22/h4-5,8-11,23H,2-3,6-7,12-14H2,1H3,(H,26,27). The summed E-state index contributed by atoms with van der Waals surface area (Å²) in [5.74, 6) is 1.84. The Hall–Kier alpha value is -3.13. The van der Waals surface area contributed by atoms with Crippen molar-refractivity contribution < 1.29 is 4.74 Å². The fourth-order valence-electron chi connectivity index (χ4n) is 4.96. The Morgan fingerprint density at radius 2 is 2.17 bits per heavy atom. The van der Waals surface area contributed by atoms with Gasteiger partial charge in [0.15, 0.2) is 5.65 Å². The molecule has 2 aliphatic rings. The molecule has 1 spiro atoms. The van der Waals surface area contributed by atoms with Gasteiger partial charge in [0.1, 0.15) is 11.6 Å². The predicted octanol–water partition coefficient (Wildman–Crippen LogP) is 2.86. The average Bonchev–Trinajstić information content (AvgIpc) is 3.33. The number of hydrogen-bond acceptors (Lipinski definition) is 6. The Balaban J connectivity index is 1.34. The van der Waals surface area contributed by atoms with Gasteiger partial charge in [0, 0.05) is 42.4 Å². The third-order valence-electron chi connectivity index (χ3n) is 6.41. The van der Waals surface area contributed by atoms with Crippen LogP contribution in [0.4, 0.5) is 5.82 Å². The van der Waals surface area contributed by atoms with Crippen LogP contribution in [0.1, 0.15) is 19.8 Å². The maximum atomic E-state index is 5.78. The number of aromatic amines is 1. The van der Waals surface area contributed by atoms with Gasteiger partial charge in [0.05, 0.1) is 29.9 Å². The lowest BCUT2D eigenvalue weighted by Gasteiger charge is -2.53. The van der Waals surface area contributed by atoms with Gasteiger partial charge in [-0.3, -0.25) is 5.10 Å². The first-order chi connectivity index (χ1) is 14.7. The van der Waals surface area contributed by atoms with Gasteiger partial charge < -0.3 is 15.0 Å². The normalized spacial score (nSPS) is 18.2. The zero-order valence-corrected chi connectivity index (χ0v) is 17.1. The molecule has 8 nitrogen and oxygen atoms in total. The van der Waals surface area contributed by atoms with Crippen LogP contribution < -0.4 is 15.0 Å². The van der Waals surface area contributed by atoms with E-state index in [4.69, 9.17) is 9.72 Å². The van der Waals surface area contributed by atoms with Crippen LogP contribution in [0.5, 0.6) is 5.75 Å². The molecule has 6 rings (SSSR count). The molecule has 2 N–H and O–H groups in total. The van der Waals surface area contributed by atoms with Gasteiger partial charge in [0.2, 0.25) is 0 Å². The van der Waals surface area contributed by atoms with Crippen molar-refractivity contribution in [1.82, 2.24) is 30.1 Å². The van der Waals surface area contributed by atoms with Crippen molar-refractivity contribution in [2.24, 2.45) is 5.41 Å². The molecule has 2 aliphatic heterocycles. The third kappa shape index (κ3) is 2.74. The largest absolute Gasteiger partial charge is 0.492 e. The summed E-state index contributed by atoms with van der Waals surface area (Å²) in [5, 5.41) is 16.2. The van der Waals surface area contributed by atoms with Gasteiger partial charge in [-0.15, -0.1) is 5.10 Å². The minimum atomic E-state index is 0.446. The van der Waals surface area contributed by atoms with E-state index in [2.05, 4.69) is 43.7 Å². The van der Waals surface area contributed by atoms with Crippen LogP contribution in [0.2, 0.25) is 0 Å².